The first-order valence-electron chi connectivity index (χ1n) is 3.28. The Balaban J connectivity index is 2.85. The molecule has 0 radical (unpaired) electrons. The van der Waals surface area contributed by atoms with E-state index < -0.39 is 17.4 Å². The molecule has 1 rings (SSSR count). The van der Waals surface area contributed by atoms with Crippen LogP contribution in [0.2, 0.25) is 0 Å². The van der Waals surface area contributed by atoms with Crippen molar-refractivity contribution in [2.24, 2.45) is 11.3 Å². The Kier molecular flexibility index (Phi) is 2.41. The van der Waals surface area contributed by atoms with Crippen LogP contribution in [0, 0.1) is 11.3 Å². The van der Waals surface area contributed by atoms with Crippen molar-refractivity contribution in [1.82, 2.24) is 0 Å². The highest BCUT2D eigenvalue weighted by atomic mass is 127. The first-order valence-corrected chi connectivity index (χ1v) is 4.16. The Hall–Kier alpha value is -0.590. The van der Waals surface area contributed by atoms with E-state index in [0.717, 1.165) is 0 Å². The van der Waals surface area contributed by atoms with Gasteiger partial charge in [-0.15, -0.1) is 6.58 Å². The van der Waals surface area contributed by atoms with Gasteiger partial charge < -0.3 is 8.17 Å². The number of aliphatic carboxylic acids is 1. The number of rotatable bonds is 3. The maximum Gasteiger partial charge on any atom is 0.333 e. The molecule has 66 valence electrons. The summed E-state index contributed by atoms with van der Waals surface area (Å²) in [6.45, 7) is 3.44. The molecule has 2 unspecified atom stereocenters. The Morgan fingerprint density at radius 3 is 2.58 bits per heavy atom. The number of carbonyl (C=O) groups excluding carboxylic acids is 1. The van der Waals surface area contributed by atoms with Gasteiger partial charge in [0.15, 0.2) is 28.4 Å². The van der Waals surface area contributed by atoms with E-state index in [1.54, 1.807) is 0 Å². The van der Waals surface area contributed by atoms with Gasteiger partial charge in [-0.05, 0) is 6.42 Å². The highest BCUT2D eigenvalue weighted by molar-refractivity contribution is 14.1. The molecule has 1 saturated carbocycles. The summed E-state index contributed by atoms with van der Waals surface area (Å²) in [4.78, 5) is 21.7. The average Bonchev–Trinajstić information content (AvgIpc) is 2.78. The van der Waals surface area contributed by atoms with Crippen LogP contribution in [0.4, 0.5) is 0 Å². The van der Waals surface area contributed by atoms with Gasteiger partial charge in [0, 0.05) is 5.92 Å². The van der Waals surface area contributed by atoms with Gasteiger partial charge in [0.1, 0.15) is 0 Å². The summed E-state index contributed by atoms with van der Waals surface area (Å²) < 4.78 is 4.37. The highest BCUT2D eigenvalue weighted by Gasteiger charge is 2.66. The van der Waals surface area contributed by atoms with Crippen LogP contribution in [-0.2, 0) is 12.7 Å². The zero-order chi connectivity index (χ0) is 9.35. The van der Waals surface area contributed by atoms with Crippen molar-refractivity contribution in [2.45, 2.75) is 6.42 Å². The number of carboxylic acids is 1. The van der Waals surface area contributed by atoms with Crippen LogP contribution < -0.4 is 0 Å². The molecule has 0 aromatic rings. The maximum atomic E-state index is 11.0. The smallest absolute Gasteiger partial charge is 0.333 e. The van der Waals surface area contributed by atoms with Crippen LogP contribution in [0.5, 0.6) is 0 Å². The normalized spacial score (nSPS) is 32.2. The molecule has 5 heteroatoms. The molecule has 0 saturated heterocycles. The molecule has 0 aromatic heterocycles. The van der Waals surface area contributed by atoms with E-state index in [-0.39, 0.29) is 5.92 Å². The van der Waals surface area contributed by atoms with Gasteiger partial charge in [-0.2, -0.15) is 0 Å². The zero-order valence-electron chi connectivity index (χ0n) is 6.12. The Labute approximate surface area is 83.3 Å². The minimum Gasteiger partial charge on any atom is -0.480 e. The van der Waals surface area contributed by atoms with Crippen molar-refractivity contribution in [3.63, 3.8) is 0 Å². The van der Waals surface area contributed by atoms with Crippen molar-refractivity contribution < 1.29 is 17.8 Å². The molecule has 4 nitrogen and oxygen atoms in total. The van der Waals surface area contributed by atoms with E-state index in [4.69, 9.17) is 5.11 Å². The lowest BCUT2D eigenvalue weighted by atomic mass is 10.1. The first kappa shape index (κ1) is 9.50. The number of halogens is 1. The van der Waals surface area contributed by atoms with Gasteiger partial charge in [0.2, 0.25) is 0 Å². The summed E-state index contributed by atoms with van der Waals surface area (Å²) in [5.41, 5.74) is -1.34. The van der Waals surface area contributed by atoms with Gasteiger partial charge in [0.25, 0.3) is 0 Å². The third-order valence-corrected chi connectivity index (χ3v) is 2.52. The fourth-order valence-corrected chi connectivity index (χ4v) is 1.60. The largest absolute Gasteiger partial charge is 0.480 e. The number of hydrogen-bond acceptors (Lipinski definition) is 3. The van der Waals surface area contributed by atoms with Crippen molar-refractivity contribution in [1.29, 1.82) is 0 Å². The Bertz CT molecular complexity index is 250. The van der Waals surface area contributed by atoms with Crippen LogP contribution in [0.15, 0.2) is 12.7 Å². The van der Waals surface area contributed by atoms with Gasteiger partial charge in [-0.1, -0.05) is 6.08 Å². The molecule has 2 atom stereocenters. The first-order chi connectivity index (χ1) is 5.59. The molecule has 1 N–H and O–H groups in total. The predicted molar refractivity (Wildman–Crippen MR) is 48.5 cm³/mol. The lowest BCUT2D eigenvalue weighted by molar-refractivity contribution is -0.154. The molecule has 0 spiro atoms. The van der Waals surface area contributed by atoms with Crippen molar-refractivity contribution >= 4 is 34.9 Å². The molecule has 1 aliphatic rings. The zero-order valence-corrected chi connectivity index (χ0v) is 8.28. The van der Waals surface area contributed by atoms with Crippen molar-refractivity contribution in [3.05, 3.63) is 12.7 Å². The van der Waals surface area contributed by atoms with E-state index in [0.29, 0.717) is 6.42 Å². The average molecular weight is 282 g/mol. The fraction of sp³-hybridized carbons (Fsp3) is 0.429. The quantitative estimate of drug-likeness (QED) is 0.479. The molecule has 12 heavy (non-hydrogen) atoms. The van der Waals surface area contributed by atoms with E-state index in [9.17, 15) is 9.59 Å². The van der Waals surface area contributed by atoms with Gasteiger partial charge in [0.05, 0.1) is 0 Å². The molecule has 0 bridgehead atoms. The van der Waals surface area contributed by atoms with Crippen LogP contribution in [0.3, 0.4) is 0 Å². The fourth-order valence-electron chi connectivity index (χ4n) is 1.21. The van der Waals surface area contributed by atoms with Crippen molar-refractivity contribution in [2.75, 3.05) is 0 Å². The molecule has 0 heterocycles. The number of carbonyl (C=O) groups is 2. The van der Waals surface area contributed by atoms with Crippen LogP contribution in [0.25, 0.3) is 0 Å². The second kappa shape index (κ2) is 3.04. The van der Waals surface area contributed by atoms with Crippen molar-refractivity contribution in [3.8, 4) is 0 Å². The second-order valence-electron chi connectivity index (χ2n) is 2.69. The summed E-state index contributed by atoms with van der Waals surface area (Å²) >= 11 is 1.39. The number of hydrogen-bond donors (Lipinski definition) is 1. The van der Waals surface area contributed by atoms with E-state index in [1.165, 1.54) is 29.1 Å². The minimum atomic E-state index is -1.34. The topological polar surface area (TPSA) is 63.6 Å². The summed E-state index contributed by atoms with van der Waals surface area (Å²) in [6.07, 6.45) is 1.77. The van der Waals surface area contributed by atoms with Crippen LogP contribution >= 0.6 is 23.0 Å². The molecule has 0 amide bonds. The third-order valence-electron chi connectivity index (χ3n) is 2.12. The molecular formula is C7H7IO4. The summed E-state index contributed by atoms with van der Waals surface area (Å²) in [5.74, 6) is -2.10. The minimum absolute atomic E-state index is 0.280. The number of carboxylic acid groups (broad SMARTS) is 1. The number of allylic oxidation sites excluding steroid dienone is 1. The van der Waals surface area contributed by atoms with E-state index in [1.807, 2.05) is 0 Å². The monoisotopic (exact) mass is 282 g/mol. The summed E-state index contributed by atoms with van der Waals surface area (Å²) in [5, 5.41) is 8.75. The lowest BCUT2D eigenvalue weighted by Gasteiger charge is -2.05. The van der Waals surface area contributed by atoms with Gasteiger partial charge >= 0.3 is 11.9 Å². The third kappa shape index (κ3) is 1.12. The molecule has 0 aliphatic heterocycles. The van der Waals surface area contributed by atoms with E-state index >= 15 is 0 Å². The lowest BCUT2D eigenvalue weighted by Crippen LogP contribution is -2.27. The Morgan fingerprint density at radius 1 is 1.75 bits per heavy atom. The molecule has 1 fully saturated rings. The second-order valence-corrected chi connectivity index (χ2v) is 3.13. The predicted octanol–water partition coefficient (Wildman–Crippen LogP) is 1.16. The van der Waals surface area contributed by atoms with Gasteiger partial charge in [-0.3, -0.25) is 9.59 Å². The van der Waals surface area contributed by atoms with E-state index in [2.05, 4.69) is 9.65 Å². The Morgan fingerprint density at radius 2 is 2.33 bits per heavy atom. The van der Waals surface area contributed by atoms with Crippen LogP contribution in [0.1, 0.15) is 6.42 Å². The SMILES string of the molecule is C=CC1CC1(C(=O)O)C(=O)OI. The highest BCUT2D eigenvalue weighted by Crippen LogP contribution is 2.54. The van der Waals surface area contributed by atoms with Crippen LogP contribution in [-0.4, -0.2) is 17.0 Å². The summed E-state index contributed by atoms with van der Waals surface area (Å²) in [6, 6.07) is 0. The maximum absolute atomic E-state index is 11.0. The summed E-state index contributed by atoms with van der Waals surface area (Å²) in [7, 11) is 0. The molecule has 1 aliphatic carbocycles. The van der Waals surface area contributed by atoms with Gasteiger partial charge in [-0.25, -0.2) is 0 Å². The molecule has 0 aromatic carbocycles. The molecular weight excluding hydrogens is 275 g/mol. The standard InChI is InChI=1S/C7H7IO4/c1-2-4-3-7(4,5(9)10)6(11)12-8/h2,4H,1,3H2,(H,9,10).